The van der Waals surface area contributed by atoms with Crippen molar-refractivity contribution in [1.29, 1.82) is 0 Å². The number of esters is 1. The van der Waals surface area contributed by atoms with Crippen LogP contribution in [0, 0.1) is 0 Å². The third kappa shape index (κ3) is 5.32. The predicted octanol–water partition coefficient (Wildman–Crippen LogP) is 4.54. The van der Waals surface area contributed by atoms with E-state index in [9.17, 15) is 4.79 Å². The number of carbonyl (C=O) groups excluding carboxylic acids is 1. The highest BCUT2D eigenvalue weighted by atomic mass is 79.9. The number of hydrogen-bond acceptors (Lipinski definition) is 3. The first-order valence-electron chi connectivity index (χ1n) is 8.81. The van der Waals surface area contributed by atoms with E-state index in [0.717, 1.165) is 44.3 Å². The number of ether oxygens (including phenoxy) is 1. The van der Waals surface area contributed by atoms with Gasteiger partial charge < -0.3 is 10.1 Å². The minimum atomic E-state index is -0.473. The Morgan fingerprint density at radius 2 is 1.91 bits per heavy atom. The molecule has 0 aliphatic carbocycles. The van der Waals surface area contributed by atoms with Crippen LogP contribution < -0.4 is 5.32 Å². The molecule has 2 rings (SSSR count). The second-order valence-electron chi connectivity index (χ2n) is 6.35. The second kappa shape index (κ2) is 9.43. The molecule has 1 aliphatic rings. The van der Waals surface area contributed by atoms with Crippen LogP contribution in [-0.4, -0.2) is 23.9 Å². The highest BCUT2D eigenvalue weighted by Gasteiger charge is 2.38. The maximum Gasteiger partial charge on any atom is 0.320 e. The Morgan fingerprint density at radius 3 is 2.57 bits per heavy atom. The van der Waals surface area contributed by atoms with E-state index in [-0.39, 0.29) is 10.8 Å². The van der Waals surface area contributed by atoms with Crippen LogP contribution in [0.2, 0.25) is 0 Å². The maximum absolute atomic E-state index is 12.6. The van der Waals surface area contributed by atoms with Gasteiger partial charge in [0.25, 0.3) is 0 Å². The van der Waals surface area contributed by atoms with Gasteiger partial charge in [0.1, 0.15) is 10.4 Å². The third-order valence-electron chi connectivity index (χ3n) is 4.57. The van der Waals surface area contributed by atoms with Gasteiger partial charge in [-0.2, -0.15) is 0 Å². The molecule has 0 spiro atoms. The summed E-state index contributed by atoms with van der Waals surface area (Å²) in [6.07, 6.45) is 7.20. The zero-order valence-electron chi connectivity index (χ0n) is 14.0. The highest BCUT2D eigenvalue weighted by Crippen LogP contribution is 2.36. The van der Waals surface area contributed by atoms with Crippen LogP contribution in [-0.2, 0) is 15.1 Å². The fourth-order valence-electron chi connectivity index (χ4n) is 3.15. The smallest absolute Gasteiger partial charge is 0.320 e. The summed E-state index contributed by atoms with van der Waals surface area (Å²) in [5.41, 5.74) is 0.638. The lowest BCUT2D eigenvalue weighted by Crippen LogP contribution is -2.44. The summed E-state index contributed by atoms with van der Waals surface area (Å²) in [7, 11) is 0. The van der Waals surface area contributed by atoms with Crippen LogP contribution in [0.3, 0.4) is 0 Å². The van der Waals surface area contributed by atoms with E-state index >= 15 is 0 Å². The van der Waals surface area contributed by atoms with Gasteiger partial charge in [0.15, 0.2) is 0 Å². The molecule has 23 heavy (non-hydrogen) atoms. The fraction of sp³-hybridized carbons (Fsp3) is 0.632. The molecule has 0 amide bonds. The number of unbranched alkanes of at least 4 members (excludes halogenated alkanes) is 3. The van der Waals surface area contributed by atoms with E-state index in [2.05, 4.69) is 40.3 Å². The summed E-state index contributed by atoms with van der Waals surface area (Å²) >= 11 is 3.53. The Balaban J connectivity index is 1.99. The molecule has 1 atom stereocenters. The molecule has 1 saturated heterocycles. The van der Waals surface area contributed by atoms with Crippen LogP contribution in [0.25, 0.3) is 0 Å². The molecule has 1 unspecified atom stereocenters. The van der Waals surface area contributed by atoms with Crippen molar-refractivity contribution in [2.45, 2.75) is 62.3 Å². The molecule has 0 radical (unpaired) electrons. The van der Waals surface area contributed by atoms with Crippen molar-refractivity contribution in [3.05, 3.63) is 35.9 Å². The molecule has 3 nitrogen and oxygen atoms in total. The second-order valence-corrected chi connectivity index (χ2v) is 7.45. The van der Waals surface area contributed by atoms with Gasteiger partial charge in [-0.25, -0.2) is 0 Å². The quantitative estimate of drug-likeness (QED) is 0.408. The number of carbonyl (C=O) groups is 1. The molecule has 0 bridgehead atoms. The van der Waals surface area contributed by atoms with Gasteiger partial charge in [-0.05, 0) is 25.1 Å². The van der Waals surface area contributed by atoms with E-state index in [1.807, 2.05) is 18.2 Å². The number of alkyl halides is 1. The van der Waals surface area contributed by atoms with Crippen molar-refractivity contribution in [1.82, 2.24) is 5.32 Å². The zero-order chi connectivity index (χ0) is 16.5. The SMILES string of the molecule is CCCCCCC(Br)C(=O)OC1(c2ccccc2)CCNCC1. The van der Waals surface area contributed by atoms with E-state index in [1.165, 1.54) is 19.3 Å². The Labute approximate surface area is 148 Å². The van der Waals surface area contributed by atoms with Crippen LogP contribution in [0.5, 0.6) is 0 Å². The minimum absolute atomic E-state index is 0.118. The van der Waals surface area contributed by atoms with Gasteiger partial charge in [0.2, 0.25) is 0 Å². The van der Waals surface area contributed by atoms with Gasteiger partial charge >= 0.3 is 5.97 Å². The Kier molecular flexibility index (Phi) is 7.57. The monoisotopic (exact) mass is 381 g/mol. The molecule has 1 aromatic rings. The van der Waals surface area contributed by atoms with Gasteiger partial charge in [-0.15, -0.1) is 0 Å². The summed E-state index contributed by atoms with van der Waals surface area (Å²) in [6.45, 7) is 3.96. The van der Waals surface area contributed by atoms with Crippen molar-refractivity contribution in [2.75, 3.05) is 13.1 Å². The Bertz CT molecular complexity index is 472. The first-order valence-corrected chi connectivity index (χ1v) is 9.73. The number of benzene rings is 1. The summed E-state index contributed by atoms with van der Waals surface area (Å²) in [5, 5.41) is 3.36. The normalized spacial score (nSPS) is 18.3. The van der Waals surface area contributed by atoms with Crippen LogP contribution in [0.4, 0.5) is 0 Å². The van der Waals surface area contributed by atoms with Crippen LogP contribution in [0.1, 0.15) is 57.4 Å². The van der Waals surface area contributed by atoms with Crippen LogP contribution in [0.15, 0.2) is 30.3 Å². The largest absolute Gasteiger partial charge is 0.453 e. The first kappa shape index (κ1) is 18.5. The Morgan fingerprint density at radius 1 is 1.22 bits per heavy atom. The lowest BCUT2D eigenvalue weighted by Gasteiger charge is -2.38. The molecular weight excluding hydrogens is 354 g/mol. The first-order chi connectivity index (χ1) is 11.2. The number of piperidine rings is 1. The number of halogens is 1. The average Bonchev–Trinajstić information content (AvgIpc) is 2.60. The van der Waals surface area contributed by atoms with E-state index in [4.69, 9.17) is 4.74 Å². The summed E-state index contributed by atoms with van der Waals surface area (Å²) < 4.78 is 6.06. The van der Waals surface area contributed by atoms with E-state index < -0.39 is 5.60 Å². The molecule has 0 saturated carbocycles. The third-order valence-corrected chi connectivity index (χ3v) is 5.41. The number of rotatable bonds is 8. The molecule has 1 aliphatic heterocycles. The summed E-state index contributed by atoms with van der Waals surface area (Å²) in [5.74, 6) is -0.118. The van der Waals surface area contributed by atoms with Crippen molar-refractivity contribution >= 4 is 21.9 Å². The predicted molar refractivity (Wildman–Crippen MR) is 97.8 cm³/mol. The van der Waals surface area contributed by atoms with Crippen molar-refractivity contribution in [3.63, 3.8) is 0 Å². The fourth-order valence-corrected chi connectivity index (χ4v) is 3.56. The van der Waals surface area contributed by atoms with E-state index in [0.29, 0.717) is 0 Å². The molecular formula is C19H28BrNO2. The van der Waals surface area contributed by atoms with Gasteiger partial charge in [-0.1, -0.05) is 78.9 Å². The molecule has 1 heterocycles. The topological polar surface area (TPSA) is 38.3 Å². The number of nitrogens with one attached hydrogen (secondary N) is 1. The van der Waals surface area contributed by atoms with Gasteiger partial charge in [-0.3, -0.25) is 4.79 Å². The average molecular weight is 382 g/mol. The zero-order valence-corrected chi connectivity index (χ0v) is 15.6. The van der Waals surface area contributed by atoms with Crippen molar-refractivity contribution in [2.24, 2.45) is 0 Å². The molecule has 4 heteroatoms. The minimum Gasteiger partial charge on any atom is -0.453 e. The lowest BCUT2D eigenvalue weighted by atomic mass is 9.84. The van der Waals surface area contributed by atoms with Crippen molar-refractivity contribution < 1.29 is 9.53 Å². The summed E-state index contributed by atoms with van der Waals surface area (Å²) in [4.78, 5) is 12.4. The molecule has 128 valence electrons. The van der Waals surface area contributed by atoms with Crippen LogP contribution >= 0.6 is 15.9 Å². The maximum atomic E-state index is 12.6. The van der Waals surface area contributed by atoms with E-state index in [1.54, 1.807) is 0 Å². The Hall–Kier alpha value is -0.870. The molecule has 1 aromatic carbocycles. The highest BCUT2D eigenvalue weighted by molar-refractivity contribution is 9.10. The molecule has 0 aromatic heterocycles. The summed E-state index contributed by atoms with van der Waals surface area (Å²) in [6, 6.07) is 10.2. The van der Waals surface area contributed by atoms with Gasteiger partial charge in [0.05, 0.1) is 0 Å². The standard InChI is InChI=1S/C19H28BrNO2/c1-2-3-4-8-11-17(20)18(22)23-19(12-14-21-15-13-19)16-9-6-5-7-10-16/h5-7,9-10,17,21H,2-4,8,11-15H2,1H3. The molecule has 1 fully saturated rings. The molecule has 1 N–H and O–H groups in total. The van der Waals surface area contributed by atoms with Crippen molar-refractivity contribution in [3.8, 4) is 0 Å². The van der Waals surface area contributed by atoms with Gasteiger partial charge in [0, 0.05) is 12.8 Å². The lowest BCUT2D eigenvalue weighted by molar-refractivity contribution is -0.163. The number of hydrogen-bond donors (Lipinski definition) is 1.